The van der Waals surface area contributed by atoms with Crippen LogP contribution in [0.1, 0.15) is 18.1 Å². The second-order valence-corrected chi connectivity index (χ2v) is 4.87. The van der Waals surface area contributed by atoms with E-state index in [2.05, 4.69) is 9.97 Å². The predicted molar refractivity (Wildman–Crippen MR) is 79.9 cm³/mol. The fourth-order valence-corrected chi connectivity index (χ4v) is 2.06. The van der Waals surface area contributed by atoms with Crippen LogP contribution in [0.15, 0.2) is 30.5 Å². The second-order valence-electron chi connectivity index (χ2n) is 4.12. The highest BCUT2D eigenvalue weighted by atomic mass is 35.5. The number of nitrogens with zero attached hydrogens (tertiary/aromatic N) is 4. The van der Waals surface area contributed by atoms with Crippen molar-refractivity contribution in [3.8, 4) is 6.07 Å². The molecule has 2 heterocycles. The Kier molecular flexibility index (Phi) is 4.78. The molecule has 0 saturated carbocycles. The van der Waals surface area contributed by atoms with Gasteiger partial charge in [0.05, 0.1) is 5.56 Å². The van der Waals surface area contributed by atoms with Crippen LogP contribution in [0.2, 0.25) is 10.3 Å². The van der Waals surface area contributed by atoms with Gasteiger partial charge in [0.2, 0.25) is 0 Å². The molecule has 0 N–H and O–H groups in total. The van der Waals surface area contributed by atoms with E-state index >= 15 is 0 Å². The molecule has 0 aliphatic heterocycles. The lowest BCUT2D eigenvalue weighted by Gasteiger charge is -2.22. The molecule has 102 valence electrons. The molecule has 4 nitrogen and oxygen atoms in total. The van der Waals surface area contributed by atoms with Gasteiger partial charge in [-0.2, -0.15) is 5.26 Å². The standard InChI is InChI=1S/C14H12Cl2N4/c1-2-20(9-10-3-5-12(15)18-8-10)13-6-4-11(7-17)14(16)19-13/h3-6,8H,2,9H2,1H3. The number of rotatable bonds is 4. The maximum atomic E-state index is 8.86. The van der Waals surface area contributed by atoms with Gasteiger partial charge in [-0.1, -0.05) is 29.3 Å². The van der Waals surface area contributed by atoms with E-state index in [-0.39, 0.29) is 5.15 Å². The Labute approximate surface area is 127 Å². The minimum atomic E-state index is 0.220. The number of nitriles is 1. The lowest BCUT2D eigenvalue weighted by Crippen LogP contribution is -2.23. The molecule has 2 aromatic heterocycles. The van der Waals surface area contributed by atoms with Crippen LogP contribution >= 0.6 is 23.2 Å². The molecular weight excluding hydrogens is 295 g/mol. The molecule has 0 aliphatic rings. The molecule has 0 saturated heterocycles. The molecule has 0 atom stereocenters. The summed E-state index contributed by atoms with van der Waals surface area (Å²) in [5, 5.41) is 9.55. The minimum Gasteiger partial charge on any atom is -0.352 e. The summed E-state index contributed by atoms with van der Waals surface area (Å²) in [5.41, 5.74) is 1.40. The first-order valence-corrected chi connectivity index (χ1v) is 6.81. The molecule has 0 amide bonds. The van der Waals surface area contributed by atoms with Gasteiger partial charge < -0.3 is 4.90 Å². The molecule has 2 aromatic rings. The summed E-state index contributed by atoms with van der Waals surface area (Å²) < 4.78 is 0. The normalized spacial score (nSPS) is 10.1. The van der Waals surface area contributed by atoms with E-state index in [1.54, 1.807) is 24.4 Å². The average Bonchev–Trinajstić information content (AvgIpc) is 2.46. The van der Waals surface area contributed by atoms with Crippen LogP contribution in [-0.4, -0.2) is 16.5 Å². The fourth-order valence-electron chi connectivity index (χ4n) is 1.76. The molecule has 20 heavy (non-hydrogen) atoms. The highest BCUT2D eigenvalue weighted by molar-refractivity contribution is 6.30. The van der Waals surface area contributed by atoms with Crippen LogP contribution in [0.25, 0.3) is 0 Å². The molecular formula is C14H12Cl2N4. The summed E-state index contributed by atoms with van der Waals surface area (Å²) in [5.74, 6) is 0.728. The third-order valence-corrected chi connectivity index (χ3v) is 3.33. The van der Waals surface area contributed by atoms with Gasteiger partial charge >= 0.3 is 0 Å². The summed E-state index contributed by atoms with van der Waals surface area (Å²) >= 11 is 11.7. The topological polar surface area (TPSA) is 52.8 Å². The Morgan fingerprint density at radius 1 is 1.25 bits per heavy atom. The zero-order valence-corrected chi connectivity index (χ0v) is 12.4. The van der Waals surface area contributed by atoms with Crippen molar-refractivity contribution in [2.75, 3.05) is 11.4 Å². The van der Waals surface area contributed by atoms with E-state index in [1.807, 2.05) is 24.0 Å². The summed E-state index contributed by atoms with van der Waals surface area (Å²) in [6.07, 6.45) is 1.73. The molecule has 0 unspecified atom stereocenters. The summed E-state index contributed by atoms with van der Waals surface area (Å²) in [6.45, 7) is 3.44. The first kappa shape index (κ1) is 14.6. The highest BCUT2D eigenvalue weighted by Crippen LogP contribution is 2.20. The molecule has 0 radical (unpaired) electrons. The van der Waals surface area contributed by atoms with E-state index in [0.29, 0.717) is 17.3 Å². The Morgan fingerprint density at radius 2 is 2.05 bits per heavy atom. The van der Waals surface area contributed by atoms with Crippen molar-refractivity contribution in [2.45, 2.75) is 13.5 Å². The molecule has 0 spiro atoms. The van der Waals surface area contributed by atoms with Crippen molar-refractivity contribution < 1.29 is 0 Å². The van der Waals surface area contributed by atoms with Crippen LogP contribution in [0, 0.1) is 11.3 Å². The Hall–Kier alpha value is -1.83. The molecule has 0 fully saturated rings. The number of halogens is 2. The predicted octanol–water partition coefficient (Wildman–Crippen LogP) is 3.68. The lowest BCUT2D eigenvalue weighted by atomic mass is 10.2. The number of hydrogen-bond acceptors (Lipinski definition) is 4. The van der Waals surface area contributed by atoms with Gasteiger partial charge in [-0.3, -0.25) is 0 Å². The van der Waals surface area contributed by atoms with Gasteiger partial charge in [0, 0.05) is 19.3 Å². The summed E-state index contributed by atoms with van der Waals surface area (Å²) in [4.78, 5) is 10.3. The van der Waals surface area contributed by atoms with Crippen molar-refractivity contribution in [2.24, 2.45) is 0 Å². The van der Waals surface area contributed by atoms with Crippen LogP contribution in [0.4, 0.5) is 5.82 Å². The highest BCUT2D eigenvalue weighted by Gasteiger charge is 2.10. The van der Waals surface area contributed by atoms with E-state index in [0.717, 1.165) is 17.9 Å². The maximum Gasteiger partial charge on any atom is 0.149 e. The van der Waals surface area contributed by atoms with E-state index in [9.17, 15) is 0 Å². The van der Waals surface area contributed by atoms with Crippen molar-refractivity contribution in [3.63, 3.8) is 0 Å². The Bertz CT molecular complexity index is 635. The molecule has 0 aliphatic carbocycles. The van der Waals surface area contributed by atoms with Crippen molar-refractivity contribution in [1.82, 2.24) is 9.97 Å². The third kappa shape index (κ3) is 3.38. The maximum absolute atomic E-state index is 8.86. The lowest BCUT2D eigenvalue weighted by molar-refractivity contribution is 0.810. The number of hydrogen-bond donors (Lipinski definition) is 0. The summed E-state index contributed by atoms with van der Waals surface area (Å²) in [7, 11) is 0. The van der Waals surface area contributed by atoms with E-state index in [4.69, 9.17) is 28.5 Å². The monoisotopic (exact) mass is 306 g/mol. The van der Waals surface area contributed by atoms with Crippen LogP contribution in [-0.2, 0) is 6.54 Å². The fraction of sp³-hybridized carbons (Fsp3) is 0.214. The molecule has 6 heteroatoms. The second kappa shape index (κ2) is 6.56. The van der Waals surface area contributed by atoms with Crippen molar-refractivity contribution in [1.29, 1.82) is 5.26 Å². The largest absolute Gasteiger partial charge is 0.352 e. The molecule has 0 aromatic carbocycles. The number of aromatic nitrogens is 2. The van der Waals surface area contributed by atoms with Gasteiger partial charge in [-0.05, 0) is 30.7 Å². The van der Waals surface area contributed by atoms with Gasteiger partial charge in [0.1, 0.15) is 22.2 Å². The van der Waals surface area contributed by atoms with E-state index < -0.39 is 0 Å². The Morgan fingerprint density at radius 3 is 2.60 bits per heavy atom. The minimum absolute atomic E-state index is 0.220. The smallest absolute Gasteiger partial charge is 0.149 e. The van der Waals surface area contributed by atoms with E-state index in [1.165, 1.54) is 0 Å². The quantitative estimate of drug-likeness (QED) is 0.809. The van der Waals surface area contributed by atoms with Gasteiger partial charge in [0.15, 0.2) is 0 Å². The Balaban J connectivity index is 2.22. The number of pyridine rings is 2. The van der Waals surface area contributed by atoms with Gasteiger partial charge in [-0.25, -0.2) is 9.97 Å². The van der Waals surface area contributed by atoms with Gasteiger partial charge in [0.25, 0.3) is 0 Å². The number of anilines is 1. The molecule has 0 bridgehead atoms. The van der Waals surface area contributed by atoms with Crippen molar-refractivity contribution >= 4 is 29.0 Å². The zero-order valence-electron chi connectivity index (χ0n) is 10.8. The van der Waals surface area contributed by atoms with Gasteiger partial charge in [-0.15, -0.1) is 0 Å². The van der Waals surface area contributed by atoms with Crippen molar-refractivity contribution in [3.05, 3.63) is 51.9 Å². The molecule has 2 rings (SSSR count). The first-order valence-electron chi connectivity index (χ1n) is 6.06. The first-order chi connectivity index (χ1) is 9.63. The van der Waals surface area contributed by atoms with Crippen LogP contribution < -0.4 is 4.90 Å². The summed E-state index contributed by atoms with van der Waals surface area (Å²) in [6, 6.07) is 9.13. The zero-order chi connectivity index (χ0) is 14.5. The van der Waals surface area contributed by atoms with Crippen LogP contribution in [0.5, 0.6) is 0 Å². The van der Waals surface area contributed by atoms with Crippen LogP contribution in [0.3, 0.4) is 0 Å². The SMILES string of the molecule is CCN(Cc1ccc(Cl)nc1)c1ccc(C#N)c(Cl)n1. The average molecular weight is 307 g/mol. The third-order valence-electron chi connectivity index (χ3n) is 2.82.